The van der Waals surface area contributed by atoms with Crippen molar-refractivity contribution in [2.24, 2.45) is 5.73 Å². The highest BCUT2D eigenvalue weighted by Crippen LogP contribution is 2.39. The number of aromatic nitrogens is 2. The van der Waals surface area contributed by atoms with Gasteiger partial charge in [-0.1, -0.05) is 5.16 Å². The summed E-state index contributed by atoms with van der Waals surface area (Å²) in [5.41, 5.74) is 6.47. The minimum atomic E-state index is -0.474. The van der Waals surface area contributed by atoms with Crippen LogP contribution in [0.2, 0.25) is 0 Å². The van der Waals surface area contributed by atoms with Gasteiger partial charge in [-0.3, -0.25) is 0 Å². The van der Waals surface area contributed by atoms with Crippen LogP contribution >= 0.6 is 12.4 Å². The lowest BCUT2D eigenvalue weighted by Crippen LogP contribution is -2.44. The van der Waals surface area contributed by atoms with Crippen molar-refractivity contribution >= 4 is 24.1 Å². The zero-order chi connectivity index (χ0) is 19.1. The number of likely N-dealkylation sites (tertiary alicyclic amines) is 1. The van der Waals surface area contributed by atoms with Crippen molar-refractivity contribution in [1.29, 1.82) is 0 Å². The smallest absolute Gasteiger partial charge is 0.322 e. The quantitative estimate of drug-likeness (QED) is 0.782. The van der Waals surface area contributed by atoms with Crippen LogP contribution in [0.25, 0.3) is 0 Å². The maximum absolute atomic E-state index is 12.9. The van der Waals surface area contributed by atoms with Gasteiger partial charge >= 0.3 is 6.03 Å². The summed E-state index contributed by atoms with van der Waals surface area (Å²) < 4.78 is 16.6. The molecule has 156 valence electrons. The van der Waals surface area contributed by atoms with E-state index in [9.17, 15) is 4.79 Å². The summed E-state index contributed by atoms with van der Waals surface area (Å²) in [4.78, 5) is 19.1. The minimum Gasteiger partial charge on any atom is -0.486 e. The van der Waals surface area contributed by atoms with Crippen molar-refractivity contribution < 1.29 is 18.8 Å². The molecule has 10 heteroatoms. The molecule has 29 heavy (non-hydrogen) atoms. The molecule has 2 aromatic rings. The molecule has 2 amide bonds. The lowest BCUT2D eigenvalue weighted by atomic mass is 9.77. The van der Waals surface area contributed by atoms with E-state index in [1.807, 2.05) is 0 Å². The second kappa shape index (κ2) is 7.72. The molecule has 1 saturated heterocycles. The Kier molecular flexibility index (Phi) is 5.26. The second-order valence-corrected chi connectivity index (χ2v) is 7.61. The molecule has 1 aromatic carbocycles. The molecule has 2 aliphatic heterocycles. The number of nitrogens with two attached hydrogens (primary N) is 1. The topological polar surface area (TPSA) is 116 Å². The highest BCUT2D eigenvalue weighted by molar-refractivity contribution is 5.90. The number of nitrogens with one attached hydrogen (secondary N) is 1. The molecular weight excluding hydrogens is 398 g/mol. The van der Waals surface area contributed by atoms with Gasteiger partial charge in [0.2, 0.25) is 5.89 Å². The Morgan fingerprint density at radius 3 is 2.76 bits per heavy atom. The number of hydrogen-bond donors (Lipinski definition) is 2. The predicted octanol–water partition coefficient (Wildman–Crippen LogP) is 2.97. The van der Waals surface area contributed by atoms with Crippen LogP contribution in [0.4, 0.5) is 10.5 Å². The Balaban J connectivity index is 0.00000205. The summed E-state index contributed by atoms with van der Waals surface area (Å²) in [6, 6.07) is 4.94. The van der Waals surface area contributed by atoms with Gasteiger partial charge < -0.3 is 29.9 Å². The van der Waals surface area contributed by atoms with E-state index in [-0.39, 0.29) is 24.5 Å². The molecule has 0 radical (unpaired) electrons. The number of hydrogen-bond acceptors (Lipinski definition) is 7. The van der Waals surface area contributed by atoms with E-state index >= 15 is 0 Å². The van der Waals surface area contributed by atoms with E-state index in [2.05, 4.69) is 15.5 Å². The average Bonchev–Trinajstić information content (AvgIpc) is 3.35. The second-order valence-electron chi connectivity index (χ2n) is 7.61. The van der Waals surface area contributed by atoms with Crippen molar-refractivity contribution in [1.82, 2.24) is 15.0 Å². The van der Waals surface area contributed by atoms with Crippen LogP contribution < -0.4 is 20.5 Å². The van der Waals surface area contributed by atoms with Crippen molar-refractivity contribution in [2.75, 3.05) is 25.1 Å². The summed E-state index contributed by atoms with van der Waals surface area (Å²) in [7, 11) is 0. The van der Waals surface area contributed by atoms with Crippen molar-refractivity contribution in [2.45, 2.75) is 43.7 Å². The van der Waals surface area contributed by atoms with Gasteiger partial charge in [0.1, 0.15) is 19.3 Å². The highest BCUT2D eigenvalue weighted by atomic mass is 35.5. The number of carbonyl (C=O) groups excluding carboxylic acids is 1. The Hall–Kier alpha value is -2.52. The third kappa shape index (κ3) is 3.60. The number of anilines is 1. The van der Waals surface area contributed by atoms with E-state index in [0.29, 0.717) is 48.7 Å². The van der Waals surface area contributed by atoms with Crippen molar-refractivity contribution in [3.05, 3.63) is 29.9 Å². The fourth-order valence-electron chi connectivity index (χ4n) is 3.94. The Morgan fingerprint density at radius 1 is 1.21 bits per heavy atom. The van der Waals surface area contributed by atoms with Crippen molar-refractivity contribution in [3.63, 3.8) is 0 Å². The Bertz CT molecular complexity index is 900. The standard InChI is InChI=1S/C19H23N5O4.ClH/c20-19(6-2-7-19)17-22-16(28-23-17)13-3-1-8-24(13)18(25)21-12-4-5-14-15(11-12)27-10-9-26-14;/h4-5,11,13H,1-3,6-10,20H2,(H,21,25);1H/t13-;/m0./s1. The minimum absolute atomic E-state index is 0. The lowest BCUT2D eigenvalue weighted by Gasteiger charge is -2.34. The van der Waals surface area contributed by atoms with Crippen LogP contribution in [-0.2, 0) is 5.54 Å². The molecular formula is C19H24ClN5O4. The van der Waals surface area contributed by atoms with Gasteiger partial charge in [0, 0.05) is 18.3 Å². The van der Waals surface area contributed by atoms with Crippen LogP contribution in [0, 0.1) is 0 Å². The molecule has 1 saturated carbocycles. The molecule has 5 rings (SSSR count). The zero-order valence-corrected chi connectivity index (χ0v) is 16.7. The lowest BCUT2D eigenvalue weighted by molar-refractivity contribution is 0.171. The van der Waals surface area contributed by atoms with Gasteiger partial charge in [0.05, 0.1) is 5.54 Å². The Labute approximate surface area is 174 Å². The first kappa shape index (κ1) is 19.8. The fraction of sp³-hybridized carbons (Fsp3) is 0.526. The third-order valence-electron chi connectivity index (χ3n) is 5.73. The summed E-state index contributed by atoms with van der Waals surface area (Å²) in [5, 5.41) is 7.01. The first-order valence-corrected chi connectivity index (χ1v) is 9.73. The van der Waals surface area contributed by atoms with E-state index in [4.69, 9.17) is 19.7 Å². The zero-order valence-electron chi connectivity index (χ0n) is 15.9. The van der Waals surface area contributed by atoms with E-state index in [1.165, 1.54) is 0 Å². The van der Waals surface area contributed by atoms with Crippen LogP contribution in [-0.4, -0.2) is 40.8 Å². The molecule has 3 N–H and O–H groups in total. The van der Waals surface area contributed by atoms with E-state index in [1.54, 1.807) is 23.1 Å². The van der Waals surface area contributed by atoms with E-state index < -0.39 is 5.54 Å². The molecule has 1 atom stereocenters. The van der Waals surface area contributed by atoms with Gasteiger partial charge in [-0.25, -0.2) is 4.79 Å². The third-order valence-corrected chi connectivity index (χ3v) is 5.73. The van der Waals surface area contributed by atoms with Crippen LogP contribution in [0.15, 0.2) is 22.7 Å². The van der Waals surface area contributed by atoms with Gasteiger partial charge in [-0.05, 0) is 44.2 Å². The first-order chi connectivity index (χ1) is 13.6. The number of carbonyl (C=O) groups is 1. The molecule has 0 spiro atoms. The number of rotatable bonds is 3. The van der Waals surface area contributed by atoms with Crippen LogP contribution in [0.1, 0.15) is 49.9 Å². The molecule has 0 bridgehead atoms. The van der Waals surface area contributed by atoms with Crippen LogP contribution in [0.3, 0.4) is 0 Å². The van der Waals surface area contributed by atoms with Crippen LogP contribution in [0.5, 0.6) is 11.5 Å². The summed E-state index contributed by atoms with van der Waals surface area (Å²) in [6.45, 7) is 1.66. The number of nitrogens with zero attached hydrogens (tertiary/aromatic N) is 3. The molecule has 1 aromatic heterocycles. The molecule has 9 nitrogen and oxygen atoms in total. The monoisotopic (exact) mass is 421 g/mol. The molecule has 2 fully saturated rings. The van der Waals surface area contributed by atoms with Gasteiger partial charge in [0.25, 0.3) is 0 Å². The predicted molar refractivity (Wildman–Crippen MR) is 106 cm³/mol. The summed E-state index contributed by atoms with van der Waals surface area (Å²) in [6.07, 6.45) is 4.47. The largest absolute Gasteiger partial charge is 0.486 e. The first-order valence-electron chi connectivity index (χ1n) is 9.73. The van der Waals surface area contributed by atoms with Gasteiger partial charge in [-0.2, -0.15) is 4.98 Å². The average molecular weight is 422 g/mol. The van der Waals surface area contributed by atoms with Gasteiger partial charge in [-0.15, -0.1) is 12.4 Å². The van der Waals surface area contributed by atoms with Crippen molar-refractivity contribution in [3.8, 4) is 11.5 Å². The number of benzene rings is 1. The normalized spacial score (nSPS) is 21.8. The highest BCUT2D eigenvalue weighted by Gasteiger charge is 2.41. The summed E-state index contributed by atoms with van der Waals surface area (Å²) in [5.74, 6) is 2.33. The fourth-order valence-corrected chi connectivity index (χ4v) is 3.94. The molecule has 3 aliphatic rings. The number of halogens is 1. The molecule has 1 aliphatic carbocycles. The number of urea groups is 1. The summed E-state index contributed by atoms with van der Waals surface area (Å²) >= 11 is 0. The molecule has 0 unspecified atom stereocenters. The van der Waals surface area contributed by atoms with Gasteiger partial charge in [0.15, 0.2) is 17.3 Å². The maximum atomic E-state index is 12.9. The van der Waals surface area contributed by atoms with E-state index in [0.717, 1.165) is 32.1 Å². The number of ether oxygens (including phenoxy) is 2. The number of fused-ring (bicyclic) bond motifs is 1. The molecule has 3 heterocycles. The Morgan fingerprint density at radius 2 is 2.00 bits per heavy atom. The maximum Gasteiger partial charge on any atom is 0.322 e. The SMILES string of the molecule is Cl.NC1(c2noc([C@@H]3CCCN3C(=O)Nc3ccc4c(c3)OCCO4)n2)CCC1. The number of amides is 2.